The van der Waals surface area contributed by atoms with E-state index < -0.39 is 0 Å². The van der Waals surface area contributed by atoms with Crippen molar-refractivity contribution in [2.45, 2.75) is 25.5 Å². The molecule has 1 atom stereocenters. The largest absolute Gasteiger partial charge is 0.497 e. The van der Waals surface area contributed by atoms with Crippen molar-refractivity contribution in [3.63, 3.8) is 0 Å². The fourth-order valence-electron chi connectivity index (χ4n) is 3.43. The van der Waals surface area contributed by atoms with Crippen molar-refractivity contribution < 1.29 is 14.3 Å². The van der Waals surface area contributed by atoms with Gasteiger partial charge in [-0.05, 0) is 61.7 Å². The Morgan fingerprint density at radius 1 is 1.24 bits per heavy atom. The predicted molar refractivity (Wildman–Crippen MR) is 112 cm³/mol. The normalized spacial score (nSPS) is 16.4. The minimum atomic E-state index is -0.242. The van der Waals surface area contributed by atoms with Gasteiger partial charge in [-0.1, -0.05) is 6.58 Å². The standard InChI is InChI=1S/C22H24N4O3/c1-15(25-22(27)16-6-9-19(28-2)10-7-16)24-18-8-11-20-17(13-18)14-23-26(20)21-5-3-4-12-29-21/h6-11,13-14,21,24H,1,3-5,12H2,2H3,(H,25,27). The Morgan fingerprint density at radius 3 is 2.79 bits per heavy atom. The molecule has 1 saturated heterocycles. The molecular formula is C22H24N4O3. The number of carbonyl (C=O) groups excluding carboxylic acids is 1. The molecule has 7 heteroatoms. The maximum Gasteiger partial charge on any atom is 0.256 e. The molecule has 4 rings (SSSR count). The lowest BCUT2D eigenvalue weighted by atomic mass is 10.2. The highest BCUT2D eigenvalue weighted by atomic mass is 16.5. The van der Waals surface area contributed by atoms with Crippen molar-refractivity contribution in [1.82, 2.24) is 15.1 Å². The van der Waals surface area contributed by atoms with Gasteiger partial charge in [0.05, 0.1) is 18.8 Å². The Bertz CT molecular complexity index is 1020. The summed E-state index contributed by atoms with van der Waals surface area (Å²) in [5.41, 5.74) is 2.37. The molecule has 0 saturated carbocycles. The number of aromatic nitrogens is 2. The summed E-state index contributed by atoms with van der Waals surface area (Å²) in [4.78, 5) is 12.4. The van der Waals surface area contributed by atoms with Crippen molar-refractivity contribution in [2.75, 3.05) is 19.0 Å². The molecule has 3 aromatic rings. The molecule has 1 aliphatic rings. The van der Waals surface area contributed by atoms with Gasteiger partial charge in [-0.2, -0.15) is 5.10 Å². The van der Waals surface area contributed by atoms with Crippen LogP contribution in [0.2, 0.25) is 0 Å². The first-order valence-corrected chi connectivity index (χ1v) is 9.64. The second-order valence-corrected chi connectivity index (χ2v) is 6.97. The highest BCUT2D eigenvalue weighted by molar-refractivity contribution is 5.95. The number of ether oxygens (including phenoxy) is 2. The maximum atomic E-state index is 12.4. The van der Waals surface area contributed by atoms with Crippen molar-refractivity contribution >= 4 is 22.5 Å². The third-order valence-corrected chi connectivity index (χ3v) is 4.94. The highest BCUT2D eigenvalue weighted by Gasteiger charge is 2.18. The number of anilines is 1. The first-order valence-electron chi connectivity index (χ1n) is 9.64. The van der Waals surface area contributed by atoms with Gasteiger partial charge >= 0.3 is 0 Å². The van der Waals surface area contributed by atoms with E-state index in [0.717, 1.165) is 42.5 Å². The van der Waals surface area contributed by atoms with Crippen LogP contribution in [0, 0.1) is 0 Å². The molecule has 2 aromatic carbocycles. The molecule has 150 valence electrons. The van der Waals surface area contributed by atoms with Crippen LogP contribution in [-0.2, 0) is 4.74 Å². The third kappa shape index (κ3) is 4.25. The summed E-state index contributed by atoms with van der Waals surface area (Å²) >= 11 is 0. The summed E-state index contributed by atoms with van der Waals surface area (Å²) in [5.74, 6) is 0.854. The van der Waals surface area contributed by atoms with E-state index in [2.05, 4.69) is 22.3 Å². The van der Waals surface area contributed by atoms with E-state index in [4.69, 9.17) is 9.47 Å². The van der Waals surface area contributed by atoms with Crippen LogP contribution >= 0.6 is 0 Å². The number of methoxy groups -OCH3 is 1. The van der Waals surface area contributed by atoms with Gasteiger partial charge in [0.25, 0.3) is 5.91 Å². The van der Waals surface area contributed by atoms with Gasteiger partial charge in [-0.15, -0.1) is 0 Å². The number of hydrogen-bond acceptors (Lipinski definition) is 5. The molecule has 7 nitrogen and oxygen atoms in total. The summed E-state index contributed by atoms with van der Waals surface area (Å²) in [7, 11) is 1.59. The molecule has 2 N–H and O–H groups in total. The Labute approximate surface area is 169 Å². The number of carbonyl (C=O) groups is 1. The zero-order valence-electron chi connectivity index (χ0n) is 16.4. The molecule has 0 spiro atoms. The summed E-state index contributed by atoms with van der Waals surface area (Å²) in [6.45, 7) is 4.68. The van der Waals surface area contributed by atoms with Crippen molar-refractivity contribution in [3.8, 4) is 5.75 Å². The van der Waals surface area contributed by atoms with Crippen molar-refractivity contribution in [3.05, 3.63) is 66.6 Å². The number of amides is 1. The Kier molecular flexibility index (Phi) is 5.48. The molecule has 0 radical (unpaired) electrons. The molecule has 0 aliphatic carbocycles. The molecule has 1 aromatic heterocycles. The van der Waals surface area contributed by atoms with Crippen LogP contribution in [0.1, 0.15) is 35.8 Å². The Morgan fingerprint density at radius 2 is 2.07 bits per heavy atom. The maximum absolute atomic E-state index is 12.4. The van der Waals surface area contributed by atoms with Crippen LogP contribution in [0.4, 0.5) is 5.69 Å². The van der Waals surface area contributed by atoms with Gasteiger partial charge in [0.15, 0.2) is 6.23 Å². The van der Waals surface area contributed by atoms with Gasteiger partial charge in [0, 0.05) is 23.2 Å². The van der Waals surface area contributed by atoms with Crippen LogP contribution in [0.25, 0.3) is 10.9 Å². The fraction of sp³-hybridized carbons (Fsp3) is 0.273. The summed E-state index contributed by atoms with van der Waals surface area (Å²) in [6.07, 6.45) is 5.06. The van der Waals surface area contributed by atoms with E-state index in [1.807, 2.05) is 29.1 Å². The number of hydrogen-bond donors (Lipinski definition) is 2. The lowest BCUT2D eigenvalue weighted by Crippen LogP contribution is -2.26. The predicted octanol–water partition coefficient (Wildman–Crippen LogP) is 4.06. The van der Waals surface area contributed by atoms with E-state index in [0.29, 0.717) is 17.1 Å². The Hall–Kier alpha value is -3.32. The first-order chi connectivity index (χ1) is 14.1. The van der Waals surface area contributed by atoms with Gasteiger partial charge in [-0.25, -0.2) is 4.68 Å². The van der Waals surface area contributed by atoms with Crippen molar-refractivity contribution in [1.29, 1.82) is 0 Å². The van der Waals surface area contributed by atoms with Gasteiger partial charge < -0.3 is 20.1 Å². The summed E-state index contributed by atoms with van der Waals surface area (Å²) < 4.78 is 12.9. The van der Waals surface area contributed by atoms with Crippen LogP contribution in [0.15, 0.2) is 61.1 Å². The zero-order chi connectivity index (χ0) is 20.2. The quantitative estimate of drug-likeness (QED) is 0.662. The highest BCUT2D eigenvalue weighted by Crippen LogP contribution is 2.27. The van der Waals surface area contributed by atoms with E-state index in [-0.39, 0.29) is 12.1 Å². The summed E-state index contributed by atoms with van der Waals surface area (Å²) in [5, 5.41) is 11.4. The zero-order valence-corrected chi connectivity index (χ0v) is 16.4. The smallest absolute Gasteiger partial charge is 0.256 e. The lowest BCUT2D eigenvalue weighted by Gasteiger charge is -2.23. The molecule has 1 fully saturated rings. The van der Waals surface area contributed by atoms with Crippen LogP contribution in [-0.4, -0.2) is 29.4 Å². The monoisotopic (exact) mass is 392 g/mol. The molecule has 2 heterocycles. The molecule has 0 bridgehead atoms. The minimum absolute atomic E-state index is 0.00110. The number of nitrogens with zero attached hydrogens (tertiary/aromatic N) is 2. The summed E-state index contributed by atoms with van der Waals surface area (Å²) in [6, 6.07) is 12.8. The van der Waals surface area contributed by atoms with Gasteiger partial charge in [0.1, 0.15) is 11.6 Å². The fourth-order valence-corrected chi connectivity index (χ4v) is 3.43. The average Bonchev–Trinajstić information content (AvgIpc) is 3.17. The number of fused-ring (bicyclic) bond motifs is 1. The molecular weight excluding hydrogens is 368 g/mol. The third-order valence-electron chi connectivity index (χ3n) is 4.94. The molecule has 1 unspecified atom stereocenters. The Balaban J connectivity index is 1.41. The second-order valence-electron chi connectivity index (χ2n) is 6.97. The number of nitrogens with one attached hydrogen (secondary N) is 2. The molecule has 1 amide bonds. The van der Waals surface area contributed by atoms with Crippen LogP contribution in [0.5, 0.6) is 5.75 Å². The van der Waals surface area contributed by atoms with E-state index >= 15 is 0 Å². The topological polar surface area (TPSA) is 77.4 Å². The second kappa shape index (κ2) is 8.36. The number of rotatable bonds is 6. The SMILES string of the molecule is C=C(NC(=O)c1ccc(OC)cc1)Nc1ccc2c(cnn2C2CCCCO2)c1. The lowest BCUT2D eigenvalue weighted by molar-refractivity contribution is -0.0366. The van der Waals surface area contributed by atoms with Crippen LogP contribution < -0.4 is 15.4 Å². The van der Waals surface area contributed by atoms with Crippen molar-refractivity contribution in [2.24, 2.45) is 0 Å². The van der Waals surface area contributed by atoms with E-state index in [9.17, 15) is 4.79 Å². The van der Waals surface area contributed by atoms with Gasteiger partial charge in [-0.3, -0.25) is 4.79 Å². The molecule has 29 heavy (non-hydrogen) atoms. The van der Waals surface area contributed by atoms with E-state index in [1.165, 1.54) is 0 Å². The number of benzene rings is 2. The van der Waals surface area contributed by atoms with E-state index in [1.54, 1.807) is 31.4 Å². The first kappa shape index (κ1) is 19.0. The minimum Gasteiger partial charge on any atom is -0.497 e. The van der Waals surface area contributed by atoms with Gasteiger partial charge in [0.2, 0.25) is 0 Å². The van der Waals surface area contributed by atoms with Crippen LogP contribution in [0.3, 0.4) is 0 Å². The molecule has 1 aliphatic heterocycles. The average molecular weight is 392 g/mol.